The minimum atomic E-state index is -0.748. The maximum Gasteiger partial charge on any atom is 0.408 e. The van der Waals surface area contributed by atoms with Crippen LogP contribution in [0.3, 0.4) is 0 Å². The predicted molar refractivity (Wildman–Crippen MR) is 91.4 cm³/mol. The maximum absolute atomic E-state index is 12.0. The molecule has 1 fully saturated rings. The van der Waals surface area contributed by atoms with Crippen molar-refractivity contribution in [3.63, 3.8) is 0 Å². The second kappa shape index (κ2) is 7.25. The third-order valence-electron chi connectivity index (χ3n) is 3.22. The number of ether oxygens (including phenoxy) is 3. The van der Waals surface area contributed by atoms with Crippen LogP contribution in [0.1, 0.15) is 40.2 Å². The Morgan fingerprint density at radius 2 is 1.96 bits per heavy atom. The van der Waals surface area contributed by atoms with Crippen molar-refractivity contribution in [3.05, 3.63) is 35.9 Å². The molecule has 24 heavy (non-hydrogen) atoms. The van der Waals surface area contributed by atoms with E-state index in [2.05, 4.69) is 17.2 Å². The van der Waals surface area contributed by atoms with Crippen LogP contribution in [0, 0.1) is 11.8 Å². The van der Waals surface area contributed by atoms with E-state index >= 15 is 0 Å². The first-order valence-corrected chi connectivity index (χ1v) is 8.02. The van der Waals surface area contributed by atoms with E-state index in [4.69, 9.17) is 14.2 Å². The third-order valence-corrected chi connectivity index (χ3v) is 3.22. The molecule has 0 saturated carbocycles. The highest BCUT2D eigenvalue weighted by molar-refractivity contribution is 5.68. The van der Waals surface area contributed by atoms with Crippen molar-refractivity contribution >= 4 is 6.09 Å². The van der Waals surface area contributed by atoms with Crippen molar-refractivity contribution in [2.45, 2.75) is 58.2 Å². The van der Waals surface area contributed by atoms with E-state index in [1.807, 2.05) is 65.0 Å². The number of carbonyl (C=O) groups is 1. The van der Waals surface area contributed by atoms with E-state index in [0.717, 1.165) is 5.56 Å². The molecule has 130 valence electrons. The summed E-state index contributed by atoms with van der Waals surface area (Å²) in [5.41, 5.74) is 0.326. The van der Waals surface area contributed by atoms with Gasteiger partial charge < -0.3 is 19.5 Å². The fourth-order valence-electron chi connectivity index (χ4n) is 2.18. The van der Waals surface area contributed by atoms with E-state index in [-0.39, 0.29) is 0 Å². The minimum absolute atomic E-state index is 0.306. The maximum atomic E-state index is 12.0. The summed E-state index contributed by atoms with van der Waals surface area (Å²) < 4.78 is 16.8. The number of carbonyl (C=O) groups excluding carboxylic acids is 1. The molecule has 5 nitrogen and oxygen atoms in total. The van der Waals surface area contributed by atoms with Crippen LogP contribution in [0.5, 0.6) is 0 Å². The van der Waals surface area contributed by atoms with Crippen LogP contribution in [0.2, 0.25) is 0 Å². The summed E-state index contributed by atoms with van der Waals surface area (Å²) in [6.07, 6.45) is -0.993. The Morgan fingerprint density at radius 1 is 1.29 bits per heavy atom. The van der Waals surface area contributed by atoms with Crippen molar-refractivity contribution < 1.29 is 19.0 Å². The highest BCUT2D eigenvalue weighted by Crippen LogP contribution is 2.22. The fraction of sp³-hybridized carbons (Fsp3) is 0.526. The van der Waals surface area contributed by atoms with Crippen LogP contribution in [0.15, 0.2) is 30.3 Å². The number of hydrogen-bond donors (Lipinski definition) is 1. The van der Waals surface area contributed by atoms with Crippen molar-refractivity contribution in [2.75, 3.05) is 6.61 Å². The molecule has 0 unspecified atom stereocenters. The summed E-state index contributed by atoms with van der Waals surface area (Å²) >= 11 is 0. The zero-order valence-electron chi connectivity index (χ0n) is 14.9. The lowest BCUT2D eigenvalue weighted by atomic mass is 10.1. The summed E-state index contributed by atoms with van der Waals surface area (Å²) in [5, 5.41) is 2.79. The molecule has 0 radical (unpaired) electrons. The van der Waals surface area contributed by atoms with E-state index in [1.165, 1.54) is 0 Å². The molecule has 1 aliphatic rings. The van der Waals surface area contributed by atoms with Gasteiger partial charge in [-0.2, -0.15) is 0 Å². The van der Waals surface area contributed by atoms with Gasteiger partial charge in [0.05, 0.1) is 12.6 Å². The molecule has 0 aromatic heterocycles. The number of benzene rings is 1. The van der Waals surface area contributed by atoms with Crippen LogP contribution >= 0.6 is 0 Å². The number of alkyl carbamates (subject to hydrolysis) is 1. The van der Waals surface area contributed by atoms with Crippen molar-refractivity contribution in [3.8, 4) is 11.8 Å². The lowest BCUT2D eigenvalue weighted by Crippen LogP contribution is -2.56. The van der Waals surface area contributed by atoms with Gasteiger partial charge in [0.2, 0.25) is 0 Å². The second-order valence-corrected chi connectivity index (χ2v) is 7.14. The lowest BCUT2D eigenvalue weighted by molar-refractivity contribution is -0.269. The van der Waals surface area contributed by atoms with Crippen molar-refractivity contribution in [2.24, 2.45) is 0 Å². The Hall–Kier alpha value is -2.03. The van der Waals surface area contributed by atoms with E-state index in [0.29, 0.717) is 6.61 Å². The average molecular weight is 331 g/mol. The molecule has 2 atom stereocenters. The van der Waals surface area contributed by atoms with Gasteiger partial charge in [0.25, 0.3) is 0 Å². The van der Waals surface area contributed by atoms with Gasteiger partial charge in [-0.15, -0.1) is 0 Å². The highest BCUT2D eigenvalue weighted by atomic mass is 16.7. The lowest BCUT2D eigenvalue weighted by Gasteiger charge is -2.39. The van der Waals surface area contributed by atoms with Gasteiger partial charge in [-0.05, 0) is 46.8 Å². The van der Waals surface area contributed by atoms with Gasteiger partial charge in [-0.25, -0.2) is 4.79 Å². The molecule has 2 rings (SSSR count). The monoisotopic (exact) mass is 331 g/mol. The Kier molecular flexibility index (Phi) is 5.53. The van der Waals surface area contributed by atoms with Crippen molar-refractivity contribution in [1.82, 2.24) is 5.32 Å². The first kappa shape index (κ1) is 18.3. The average Bonchev–Trinajstić information content (AvgIpc) is 2.46. The van der Waals surface area contributed by atoms with E-state index in [9.17, 15) is 4.79 Å². The molecule has 1 N–H and O–H groups in total. The second-order valence-electron chi connectivity index (χ2n) is 7.14. The van der Waals surface area contributed by atoms with Gasteiger partial charge in [0.15, 0.2) is 5.79 Å². The molecule has 0 bridgehead atoms. The Balaban J connectivity index is 2.10. The van der Waals surface area contributed by atoms with Crippen LogP contribution in [-0.2, 0) is 14.2 Å². The van der Waals surface area contributed by atoms with E-state index < -0.39 is 29.6 Å². The zero-order valence-corrected chi connectivity index (χ0v) is 14.9. The first-order chi connectivity index (χ1) is 11.1. The first-order valence-electron chi connectivity index (χ1n) is 8.02. The summed E-state index contributed by atoms with van der Waals surface area (Å²) in [7, 11) is 0. The number of hydrogen-bond acceptors (Lipinski definition) is 4. The summed E-state index contributed by atoms with van der Waals surface area (Å²) in [6, 6.07) is 9.24. The topological polar surface area (TPSA) is 56.8 Å². The van der Waals surface area contributed by atoms with Gasteiger partial charge >= 0.3 is 6.09 Å². The quantitative estimate of drug-likeness (QED) is 0.804. The standard InChI is InChI=1S/C19H25NO4/c1-18(2,3)24-17(21)20-15-13-22-19(4,5)23-16(15)12-11-14-9-7-6-8-10-14/h6-10,15-16H,13H2,1-5H3,(H,20,21)/t15-,16-/m0/s1. The van der Waals surface area contributed by atoms with Gasteiger partial charge in [0, 0.05) is 5.56 Å². The molecule has 1 aliphatic heterocycles. The Labute approximate surface area is 143 Å². The van der Waals surface area contributed by atoms with Crippen LogP contribution in [0.25, 0.3) is 0 Å². The third kappa shape index (κ3) is 5.88. The van der Waals surface area contributed by atoms with E-state index in [1.54, 1.807) is 0 Å². The molecular formula is C19H25NO4. The smallest absolute Gasteiger partial charge is 0.408 e. The molecular weight excluding hydrogens is 306 g/mol. The predicted octanol–water partition coefficient (Wildman–Crippen LogP) is 3.08. The molecule has 1 aromatic rings. The normalized spacial score (nSPS) is 22.9. The number of amides is 1. The van der Waals surface area contributed by atoms with Crippen LogP contribution < -0.4 is 5.32 Å². The fourth-order valence-corrected chi connectivity index (χ4v) is 2.18. The van der Waals surface area contributed by atoms with Crippen LogP contribution in [0.4, 0.5) is 4.79 Å². The van der Waals surface area contributed by atoms with Gasteiger partial charge in [0.1, 0.15) is 11.7 Å². The molecule has 1 aromatic carbocycles. The summed E-state index contributed by atoms with van der Waals surface area (Å²) in [6.45, 7) is 9.41. The highest BCUT2D eigenvalue weighted by Gasteiger charge is 2.37. The molecule has 1 amide bonds. The minimum Gasteiger partial charge on any atom is -0.444 e. The zero-order chi connectivity index (χ0) is 17.8. The largest absolute Gasteiger partial charge is 0.444 e. The number of nitrogens with one attached hydrogen (secondary N) is 1. The van der Waals surface area contributed by atoms with Gasteiger partial charge in [-0.1, -0.05) is 30.0 Å². The van der Waals surface area contributed by atoms with Crippen molar-refractivity contribution in [1.29, 1.82) is 0 Å². The summed E-state index contributed by atoms with van der Waals surface area (Å²) in [5.74, 6) is 5.42. The summed E-state index contributed by atoms with van der Waals surface area (Å²) in [4.78, 5) is 12.0. The van der Waals surface area contributed by atoms with Crippen LogP contribution in [-0.4, -0.2) is 36.2 Å². The molecule has 1 saturated heterocycles. The number of rotatable bonds is 1. The Morgan fingerprint density at radius 3 is 2.58 bits per heavy atom. The Bertz CT molecular complexity index is 622. The SMILES string of the molecule is CC(C)(C)OC(=O)N[C@H]1COC(C)(C)O[C@H]1C#Cc1ccccc1. The molecule has 1 heterocycles. The molecule has 0 spiro atoms. The van der Waals surface area contributed by atoms with Gasteiger partial charge in [-0.3, -0.25) is 0 Å². The molecule has 5 heteroatoms. The molecule has 0 aliphatic carbocycles.